The van der Waals surface area contributed by atoms with Gasteiger partial charge in [0, 0.05) is 13.7 Å². The standard InChI is InChI=1S/C13H16N2O3S/c1-15(13-6-7-18-9-13)19(16,17)10-12-4-2-11(8-14)3-5-12/h2-5,13H,6-7,9-10H2,1H3. The Morgan fingerprint density at radius 3 is 2.63 bits per heavy atom. The van der Waals surface area contributed by atoms with Gasteiger partial charge in [-0.3, -0.25) is 0 Å². The Morgan fingerprint density at radius 1 is 1.42 bits per heavy atom. The summed E-state index contributed by atoms with van der Waals surface area (Å²) in [5.41, 5.74) is 1.21. The van der Waals surface area contributed by atoms with Crippen molar-refractivity contribution in [1.29, 1.82) is 5.26 Å². The zero-order chi connectivity index (χ0) is 13.9. The number of nitrogens with zero attached hydrogens (tertiary/aromatic N) is 2. The molecule has 0 amide bonds. The number of hydrogen-bond donors (Lipinski definition) is 0. The van der Waals surface area contributed by atoms with E-state index in [2.05, 4.69) is 0 Å². The van der Waals surface area contributed by atoms with Crippen LogP contribution in [-0.4, -0.2) is 39.0 Å². The molecule has 0 aromatic heterocycles. The van der Waals surface area contributed by atoms with Gasteiger partial charge in [-0.1, -0.05) is 12.1 Å². The summed E-state index contributed by atoms with van der Waals surface area (Å²) >= 11 is 0. The molecule has 0 aliphatic carbocycles. The quantitative estimate of drug-likeness (QED) is 0.828. The second-order valence-electron chi connectivity index (χ2n) is 4.60. The molecule has 0 radical (unpaired) electrons. The van der Waals surface area contributed by atoms with Crippen LogP contribution < -0.4 is 0 Å². The van der Waals surface area contributed by atoms with E-state index in [0.717, 1.165) is 6.42 Å². The van der Waals surface area contributed by atoms with E-state index in [9.17, 15) is 8.42 Å². The van der Waals surface area contributed by atoms with Crippen LogP contribution in [0.2, 0.25) is 0 Å². The third kappa shape index (κ3) is 3.32. The summed E-state index contributed by atoms with van der Waals surface area (Å²) < 4.78 is 31.1. The molecule has 102 valence electrons. The second kappa shape index (κ2) is 5.70. The molecule has 1 aliphatic rings. The van der Waals surface area contributed by atoms with Crippen LogP contribution in [0, 0.1) is 11.3 Å². The summed E-state index contributed by atoms with van der Waals surface area (Å²) in [4.78, 5) is 0. The SMILES string of the molecule is CN(C1CCOC1)S(=O)(=O)Cc1ccc(C#N)cc1. The number of benzene rings is 1. The molecule has 1 atom stereocenters. The van der Waals surface area contributed by atoms with Gasteiger partial charge in [-0.2, -0.15) is 9.57 Å². The Kier molecular flexibility index (Phi) is 4.20. The summed E-state index contributed by atoms with van der Waals surface area (Å²) in [5.74, 6) is -0.0499. The first-order valence-electron chi connectivity index (χ1n) is 6.05. The monoisotopic (exact) mass is 280 g/mol. The fraction of sp³-hybridized carbons (Fsp3) is 0.462. The van der Waals surface area contributed by atoms with Gasteiger partial charge in [-0.05, 0) is 24.1 Å². The van der Waals surface area contributed by atoms with E-state index >= 15 is 0 Å². The average molecular weight is 280 g/mol. The van der Waals surface area contributed by atoms with Gasteiger partial charge in [0.2, 0.25) is 10.0 Å². The summed E-state index contributed by atoms with van der Waals surface area (Å²) in [6.07, 6.45) is 0.739. The van der Waals surface area contributed by atoms with E-state index in [1.807, 2.05) is 6.07 Å². The molecular weight excluding hydrogens is 264 g/mol. The minimum absolute atomic E-state index is 0.0499. The molecule has 1 saturated heterocycles. The van der Waals surface area contributed by atoms with Crippen molar-refractivity contribution < 1.29 is 13.2 Å². The second-order valence-corrected chi connectivity index (χ2v) is 6.63. The van der Waals surface area contributed by atoms with Gasteiger partial charge in [0.05, 0.1) is 30.0 Å². The average Bonchev–Trinajstić information content (AvgIpc) is 2.92. The Bertz CT molecular complexity index is 569. The van der Waals surface area contributed by atoms with Crippen LogP contribution in [0.5, 0.6) is 0 Å². The maximum Gasteiger partial charge on any atom is 0.218 e. The third-order valence-electron chi connectivity index (χ3n) is 3.29. The predicted octanol–water partition coefficient (Wildman–Crippen LogP) is 1.11. The highest BCUT2D eigenvalue weighted by Gasteiger charge is 2.29. The summed E-state index contributed by atoms with van der Waals surface area (Å²) in [5, 5.41) is 8.70. The van der Waals surface area contributed by atoms with Gasteiger partial charge in [0.25, 0.3) is 0 Å². The van der Waals surface area contributed by atoms with Crippen molar-refractivity contribution in [1.82, 2.24) is 4.31 Å². The molecule has 0 bridgehead atoms. The van der Waals surface area contributed by atoms with Crippen LogP contribution in [0.1, 0.15) is 17.5 Å². The van der Waals surface area contributed by atoms with E-state index in [0.29, 0.717) is 24.3 Å². The van der Waals surface area contributed by atoms with Crippen molar-refractivity contribution in [2.45, 2.75) is 18.2 Å². The van der Waals surface area contributed by atoms with Gasteiger partial charge >= 0.3 is 0 Å². The van der Waals surface area contributed by atoms with Crippen LogP contribution >= 0.6 is 0 Å². The number of rotatable bonds is 4. The zero-order valence-corrected chi connectivity index (χ0v) is 11.6. The van der Waals surface area contributed by atoms with Crippen LogP contribution in [0.4, 0.5) is 0 Å². The maximum atomic E-state index is 12.2. The molecule has 1 fully saturated rings. The normalized spacial score (nSPS) is 19.5. The highest BCUT2D eigenvalue weighted by atomic mass is 32.2. The Morgan fingerprint density at radius 2 is 2.11 bits per heavy atom. The van der Waals surface area contributed by atoms with E-state index in [4.69, 9.17) is 10.00 Å². The van der Waals surface area contributed by atoms with Crippen molar-refractivity contribution in [2.75, 3.05) is 20.3 Å². The lowest BCUT2D eigenvalue weighted by molar-refractivity contribution is 0.181. The summed E-state index contributed by atoms with van der Waals surface area (Å²) in [7, 11) is -1.75. The molecule has 0 spiro atoms. The largest absolute Gasteiger partial charge is 0.380 e. The van der Waals surface area contributed by atoms with Crippen molar-refractivity contribution in [2.24, 2.45) is 0 Å². The number of nitriles is 1. The van der Waals surface area contributed by atoms with Crippen molar-refractivity contribution in [3.63, 3.8) is 0 Å². The highest BCUT2D eigenvalue weighted by Crippen LogP contribution is 2.17. The number of sulfonamides is 1. The van der Waals surface area contributed by atoms with E-state index < -0.39 is 10.0 Å². The lowest BCUT2D eigenvalue weighted by Gasteiger charge is -2.22. The minimum atomic E-state index is -3.35. The summed E-state index contributed by atoms with van der Waals surface area (Å²) in [6.45, 7) is 1.07. The maximum absolute atomic E-state index is 12.2. The molecule has 1 aromatic rings. The first kappa shape index (κ1) is 14.0. The zero-order valence-electron chi connectivity index (χ0n) is 10.7. The highest BCUT2D eigenvalue weighted by molar-refractivity contribution is 7.88. The third-order valence-corrected chi connectivity index (χ3v) is 5.16. The lowest BCUT2D eigenvalue weighted by Crippen LogP contribution is -2.38. The number of likely N-dealkylation sites (N-methyl/N-ethyl adjacent to an activating group) is 1. The van der Waals surface area contributed by atoms with Gasteiger partial charge in [0.1, 0.15) is 0 Å². The topological polar surface area (TPSA) is 70.4 Å². The molecule has 2 rings (SSSR count). The van der Waals surface area contributed by atoms with Crippen molar-refractivity contribution >= 4 is 10.0 Å². The van der Waals surface area contributed by atoms with Crippen LogP contribution in [0.15, 0.2) is 24.3 Å². The Balaban J connectivity index is 2.09. The molecule has 1 aromatic carbocycles. The fourth-order valence-electron chi connectivity index (χ4n) is 2.02. The van der Waals surface area contributed by atoms with Crippen molar-refractivity contribution in [3.05, 3.63) is 35.4 Å². The Hall–Kier alpha value is -1.42. The minimum Gasteiger partial charge on any atom is -0.380 e. The molecular formula is C13H16N2O3S. The van der Waals surface area contributed by atoms with Crippen LogP contribution in [0.3, 0.4) is 0 Å². The fourth-order valence-corrected chi connectivity index (χ4v) is 3.46. The van der Waals surface area contributed by atoms with Gasteiger partial charge < -0.3 is 4.74 Å². The molecule has 1 heterocycles. The van der Waals surface area contributed by atoms with Gasteiger partial charge in [0.15, 0.2) is 0 Å². The van der Waals surface area contributed by atoms with Crippen LogP contribution in [0.25, 0.3) is 0 Å². The van der Waals surface area contributed by atoms with Gasteiger partial charge in [-0.15, -0.1) is 0 Å². The molecule has 1 unspecified atom stereocenters. The molecule has 6 heteroatoms. The molecule has 19 heavy (non-hydrogen) atoms. The predicted molar refractivity (Wildman–Crippen MR) is 70.8 cm³/mol. The molecule has 0 N–H and O–H groups in total. The first-order valence-corrected chi connectivity index (χ1v) is 7.66. The lowest BCUT2D eigenvalue weighted by atomic mass is 10.2. The Labute approximate surface area is 113 Å². The van der Waals surface area contributed by atoms with E-state index in [1.165, 1.54) is 4.31 Å². The number of ether oxygens (including phenoxy) is 1. The van der Waals surface area contributed by atoms with Crippen LogP contribution in [-0.2, 0) is 20.5 Å². The smallest absolute Gasteiger partial charge is 0.218 e. The first-order chi connectivity index (χ1) is 9.03. The molecule has 5 nitrogen and oxygen atoms in total. The number of hydrogen-bond acceptors (Lipinski definition) is 4. The van der Waals surface area contributed by atoms with Crippen molar-refractivity contribution in [3.8, 4) is 6.07 Å². The molecule has 1 aliphatic heterocycles. The van der Waals surface area contributed by atoms with E-state index in [-0.39, 0.29) is 11.8 Å². The molecule has 0 saturated carbocycles. The van der Waals surface area contributed by atoms with Gasteiger partial charge in [-0.25, -0.2) is 8.42 Å². The summed E-state index contributed by atoms with van der Waals surface area (Å²) in [6, 6.07) is 8.55. The van der Waals surface area contributed by atoms with E-state index in [1.54, 1.807) is 31.3 Å².